The number of amides is 1. The summed E-state index contributed by atoms with van der Waals surface area (Å²) in [6, 6.07) is 7.31. The van der Waals surface area contributed by atoms with Crippen LogP contribution in [0.2, 0.25) is 0 Å². The van der Waals surface area contributed by atoms with Gasteiger partial charge < -0.3 is 14.7 Å². The molecule has 0 fully saturated rings. The molecule has 2 aromatic carbocycles. The SMILES string of the molecule is C=C(C)c1ccc(C)cc1-c1c(O)cc(CCCCC)c(C(=O)Nc2onc(C)c2C)c1O. The first-order valence-corrected chi connectivity index (χ1v) is 11.2. The molecule has 1 amide bonds. The lowest BCUT2D eigenvalue weighted by molar-refractivity contribution is 0.102. The standard InChI is InChI=1S/C27H32N2O4/c1-7-8-9-10-19-14-22(30)24(21-13-16(4)11-12-20(21)15(2)3)25(31)23(19)26(32)28-27-17(5)18(6)29-33-27/h11-14,30-31H,2,7-10H2,1,3-6H3,(H,28,32). The van der Waals surface area contributed by atoms with Gasteiger partial charge in [-0.15, -0.1) is 0 Å². The molecule has 0 unspecified atom stereocenters. The van der Waals surface area contributed by atoms with Gasteiger partial charge in [0.1, 0.15) is 11.5 Å². The number of anilines is 1. The highest BCUT2D eigenvalue weighted by atomic mass is 16.5. The Kier molecular flexibility index (Phi) is 7.26. The molecular weight excluding hydrogens is 416 g/mol. The largest absolute Gasteiger partial charge is 0.507 e. The number of phenolic OH excluding ortho intramolecular Hbond substituents is 2. The number of allylic oxidation sites excluding steroid dienone is 1. The molecule has 1 aromatic heterocycles. The molecule has 0 radical (unpaired) electrons. The minimum absolute atomic E-state index is 0.0738. The third-order valence-corrected chi connectivity index (χ3v) is 5.93. The molecule has 0 aliphatic carbocycles. The number of rotatable bonds is 8. The summed E-state index contributed by atoms with van der Waals surface area (Å²) in [5.74, 6) is -0.607. The summed E-state index contributed by atoms with van der Waals surface area (Å²) in [5.41, 5.74) is 5.48. The third-order valence-electron chi connectivity index (χ3n) is 5.93. The Morgan fingerprint density at radius 3 is 2.48 bits per heavy atom. The molecule has 0 bridgehead atoms. The van der Waals surface area contributed by atoms with Crippen LogP contribution >= 0.6 is 0 Å². The lowest BCUT2D eigenvalue weighted by Gasteiger charge is -2.19. The van der Waals surface area contributed by atoms with Crippen LogP contribution in [0.3, 0.4) is 0 Å². The van der Waals surface area contributed by atoms with Gasteiger partial charge in [0.05, 0.1) is 16.8 Å². The van der Waals surface area contributed by atoms with Gasteiger partial charge in [-0.3, -0.25) is 10.1 Å². The zero-order chi connectivity index (χ0) is 24.3. The number of carbonyl (C=O) groups is 1. The summed E-state index contributed by atoms with van der Waals surface area (Å²) in [7, 11) is 0. The van der Waals surface area contributed by atoms with E-state index in [2.05, 4.69) is 24.0 Å². The van der Waals surface area contributed by atoms with E-state index in [9.17, 15) is 15.0 Å². The van der Waals surface area contributed by atoms with Crippen molar-refractivity contribution in [3.05, 3.63) is 64.4 Å². The van der Waals surface area contributed by atoms with Crippen LogP contribution in [-0.4, -0.2) is 21.3 Å². The summed E-state index contributed by atoms with van der Waals surface area (Å²) in [6.07, 6.45) is 3.37. The second-order valence-electron chi connectivity index (χ2n) is 8.62. The highest BCUT2D eigenvalue weighted by molar-refractivity contribution is 6.09. The van der Waals surface area contributed by atoms with E-state index in [0.717, 1.165) is 41.5 Å². The van der Waals surface area contributed by atoms with Gasteiger partial charge in [-0.05, 0) is 63.3 Å². The molecule has 6 heteroatoms. The molecule has 174 valence electrons. The predicted molar refractivity (Wildman–Crippen MR) is 132 cm³/mol. The zero-order valence-corrected chi connectivity index (χ0v) is 20.0. The normalized spacial score (nSPS) is 10.9. The van der Waals surface area contributed by atoms with E-state index < -0.39 is 5.91 Å². The van der Waals surface area contributed by atoms with Crippen molar-refractivity contribution in [3.63, 3.8) is 0 Å². The summed E-state index contributed by atoms with van der Waals surface area (Å²) in [4.78, 5) is 13.4. The first kappa shape index (κ1) is 24.1. The number of carbonyl (C=O) groups excluding carboxylic acids is 1. The highest BCUT2D eigenvalue weighted by Gasteiger charge is 2.26. The van der Waals surface area contributed by atoms with E-state index in [0.29, 0.717) is 23.2 Å². The lowest BCUT2D eigenvalue weighted by Crippen LogP contribution is -2.15. The van der Waals surface area contributed by atoms with Crippen molar-refractivity contribution < 1.29 is 19.5 Å². The van der Waals surface area contributed by atoms with Crippen molar-refractivity contribution >= 4 is 17.4 Å². The molecule has 3 rings (SSSR count). The fraction of sp³-hybridized carbons (Fsp3) is 0.333. The summed E-state index contributed by atoms with van der Waals surface area (Å²) >= 11 is 0. The lowest BCUT2D eigenvalue weighted by atomic mass is 9.89. The van der Waals surface area contributed by atoms with Crippen molar-refractivity contribution in [2.45, 2.75) is 60.3 Å². The molecule has 33 heavy (non-hydrogen) atoms. The first-order chi connectivity index (χ1) is 15.6. The number of nitrogens with zero attached hydrogens (tertiary/aromatic N) is 1. The van der Waals surface area contributed by atoms with Crippen LogP contribution in [0.25, 0.3) is 16.7 Å². The van der Waals surface area contributed by atoms with Gasteiger partial charge in [0.25, 0.3) is 5.91 Å². The number of nitrogens with one attached hydrogen (secondary N) is 1. The summed E-state index contributed by atoms with van der Waals surface area (Å²) in [5, 5.41) is 29.0. The van der Waals surface area contributed by atoms with E-state index in [-0.39, 0.29) is 28.5 Å². The minimum Gasteiger partial charge on any atom is -0.507 e. The highest BCUT2D eigenvalue weighted by Crippen LogP contribution is 2.45. The maximum absolute atomic E-state index is 13.4. The van der Waals surface area contributed by atoms with E-state index >= 15 is 0 Å². The molecule has 0 aliphatic rings. The maximum Gasteiger partial charge on any atom is 0.262 e. The molecule has 0 saturated heterocycles. The van der Waals surface area contributed by atoms with Crippen LogP contribution in [-0.2, 0) is 6.42 Å². The van der Waals surface area contributed by atoms with Gasteiger partial charge in [-0.25, -0.2) is 0 Å². The van der Waals surface area contributed by atoms with Crippen LogP contribution < -0.4 is 5.32 Å². The van der Waals surface area contributed by atoms with Crippen molar-refractivity contribution in [2.24, 2.45) is 0 Å². The quantitative estimate of drug-likeness (QED) is 0.333. The number of benzene rings is 2. The van der Waals surface area contributed by atoms with Crippen LogP contribution in [0.1, 0.15) is 71.4 Å². The average molecular weight is 449 g/mol. The number of aromatic nitrogens is 1. The first-order valence-electron chi connectivity index (χ1n) is 11.2. The predicted octanol–water partition coefficient (Wildman–Crippen LogP) is 6.70. The Morgan fingerprint density at radius 2 is 1.88 bits per heavy atom. The second-order valence-corrected chi connectivity index (χ2v) is 8.62. The van der Waals surface area contributed by atoms with Crippen molar-refractivity contribution in [1.82, 2.24) is 5.16 Å². The van der Waals surface area contributed by atoms with Crippen molar-refractivity contribution in [1.29, 1.82) is 0 Å². The fourth-order valence-electron chi connectivity index (χ4n) is 3.92. The Balaban J connectivity index is 2.20. The molecule has 0 spiro atoms. The topological polar surface area (TPSA) is 95.6 Å². The molecular formula is C27H32N2O4. The van der Waals surface area contributed by atoms with Gasteiger partial charge in [0, 0.05) is 5.56 Å². The number of aromatic hydroxyl groups is 2. The summed E-state index contributed by atoms with van der Waals surface area (Å²) < 4.78 is 5.25. The number of hydrogen-bond acceptors (Lipinski definition) is 5. The Morgan fingerprint density at radius 1 is 1.15 bits per heavy atom. The third kappa shape index (κ3) is 4.95. The molecule has 1 heterocycles. The van der Waals surface area contributed by atoms with Crippen molar-refractivity contribution in [3.8, 4) is 22.6 Å². The van der Waals surface area contributed by atoms with Crippen LogP contribution in [0.4, 0.5) is 5.88 Å². The Hall–Kier alpha value is -3.54. The van der Waals surface area contributed by atoms with E-state index in [4.69, 9.17) is 4.52 Å². The minimum atomic E-state index is -0.510. The Labute approximate surface area is 195 Å². The molecule has 0 aliphatic heterocycles. The van der Waals surface area contributed by atoms with Crippen LogP contribution in [0.5, 0.6) is 11.5 Å². The smallest absolute Gasteiger partial charge is 0.262 e. The monoisotopic (exact) mass is 448 g/mol. The van der Waals surface area contributed by atoms with Gasteiger partial charge in [-0.1, -0.05) is 60.8 Å². The van der Waals surface area contributed by atoms with Crippen LogP contribution in [0, 0.1) is 20.8 Å². The molecule has 6 nitrogen and oxygen atoms in total. The number of unbranched alkanes of at least 4 members (excludes halogenated alkanes) is 2. The average Bonchev–Trinajstić information content (AvgIpc) is 3.05. The zero-order valence-electron chi connectivity index (χ0n) is 20.0. The molecule has 0 atom stereocenters. The van der Waals surface area contributed by atoms with Gasteiger partial charge in [0.15, 0.2) is 0 Å². The number of hydrogen-bond donors (Lipinski definition) is 3. The van der Waals surface area contributed by atoms with Gasteiger partial charge in [-0.2, -0.15) is 0 Å². The van der Waals surface area contributed by atoms with Gasteiger partial charge >= 0.3 is 0 Å². The maximum atomic E-state index is 13.4. The van der Waals surface area contributed by atoms with Crippen LogP contribution in [0.15, 0.2) is 35.4 Å². The fourth-order valence-corrected chi connectivity index (χ4v) is 3.92. The van der Waals surface area contributed by atoms with Crippen molar-refractivity contribution in [2.75, 3.05) is 5.32 Å². The van der Waals surface area contributed by atoms with E-state index in [1.54, 1.807) is 19.9 Å². The molecule has 3 N–H and O–H groups in total. The number of aryl methyl sites for hydroxylation is 3. The summed E-state index contributed by atoms with van der Waals surface area (Å²) in [6.45, 7) is 13.5. The number of phenols is 2. The second kappa shape index (κ2) is 9.94. The van der Waals surface area contributed by atoms with E-state index in [1.165, 1.54) is 0 Å². The van der Waals surface area contributed by atoms with Gasteiger partial charge in [0.2, 0.25) is 5.88 Å². The molecule has 3 aromatic rings. The Bertz CT molecular complexity index is 1210. The molecule has 0 saturated carbocycles. The van der Waals surface area contributed by atoms with E-state index in [1.807, 2.05) is 32.0 Å².